The van der Waals surface area contributed by atoms with Gasteiger partial charge in [-0.25, -0.2) is 13.1 Å². The summed E-state index contributed by atoms with van der Waals surface area (Å²) in [7, 11) is -3.34. The topological polar surface area (TPSA) is 46.2 Å². The van der Waals surface area contributed by atoms with Crippen molar-refractivity contribution in [2.75, 3.05) is 12.3 Å². The van der Waals surface area contributed by atoms with Crippen molar-refractivity contribution < 1.29 is 8.42 Å². The van der Waals surface area contributed by atoms with Gasteiger partial charge >= 0.3 is 0 Å². The van der Waals surface area contributed by atoms with Gasteiger partial charge < -0.3 is 0 Å². The van der Waals surface area contributed by atoms with E-state index in [4.69, 9.17) is 23.2 Å². The van der Waals surface area contributed by atoms with Crippen LogP contribution in [0.3, 0.4) is 0 Å². The quantitative estimate of drug-likeness (QED) is 0.582. The second-order valence-electron chi connectivity index (χ2n) is 4.58. The number of thioether (sulfide) groups is 1. The Morgan fingerprint density at radius 2 is 1.45 bits per heavy atom. The van der Waals surface area contributed by atoms with Gasteiger partial charge in [0.05, 0.1) is 5.75 Å². The Kier molecular flexibility index (Phi) is 6.59. The average molecular weight is 376 g/mol. The lowest BCUT2D eigenvalue weighted by atomic mass is 10.2. The van der Waals surface area contributed by atoms with Crippen LogP contribution in [0.5, 0.6) is 0 Å². The molecule has 0 saturated heterocycles. The highest BCUT2D eigenvalue weighted by Crippen LogP contribution is 2.19. The summed E-state index contributed by atoms with van der Waals surface area (Å²) in [6, 6.07) is 14.2. The van der Waals surface area contributed by atoms with Crippen molar-refractivity contribution >= 4 is 45.0 Å². The van der Waals surface area contributed by atoms with E-state index in [9.17, 15) is 8.42 Å². The van der Waals surface area contributed by atoms with E-state index in [0.717, 1.165) is 4.90 Å². The molecule has 0 amide bonds. The lowest BCUT2D eigenvalue weighted by molar-refractivity contribution is 0.583. The zero-order valence-electron chi connectivity index (χ0n) is 11.6. The summed E-state index contributed by atoms with van der Waals surface area (Å²) < 4.78 is 26.5. The molecule has 0 saturated carbocycles. The van der Waals surface area contributed by atoms with E-state index < -0.39 is 10.0 Å². The number of nitrogens with one attached hydrogen (secondary N) is 1. The number of benzene rings is 2. The molecule has 0 spiro atoms. The minimum atomic E-state index is -3.34. The summed E-state index contributed by atoms with van der Waals surface area (Å²) in [4.78, 5) is 1.06. The second kappa shape index (κ2) is 8.22. The maximum atomic E-state index is 12.0. The molecule has 118 valence electrons. The van der Waals surface area contributed by atoms with Crippen molar-refractivity contribution in [1.82, 2.24) is 4.72 Å². The second-order valence-corrected chi connectivity index (χ2v) is 8.43. The predicted octanol–water partition coefficient (Wildman–Crippen LogP) is 4.21. The first kappa shape index (κ1) is 17.6. The molecular formula is C15H15Cl2NO2S2. The van der Waals surface area contributed by atoms with Crippen LogP contribution in [0.1, 0.15) is 5.56 Å². The van der Waals surface area contributed by atoms with Crippen LogP contribution in [0.4, 0.5) is 0 Å². The monoisotopic (exact) mass is 375 g/mol. The zero-order valence-corrected chi connectivity index (χ0v) is 14.8. The smallest absolute Gasteiger partial charge is 0.214 e. The summed E-state index contributed by atoms with van der Waals surface area (Å²) in [5, 5.41) is 1.28. The Bertz CT molecular complexity index is 701. The van der Waals surface area contributed by atoms with E-state index in [-0.39, 0.29) is 5.75 Å². The van der Waals surface area contributed by atoms with Crippen LogP contribution >= 0.6 is 35.0 Å². The van der Waals surface area contributed by atoms with Crippen molar-refractivity contribution in [3.63, 3.8) is 0 Å². The van der Waals surface area contributed by atoms with Crippen LogP contribution in [0, 0.1) is 0 Å². The minimum absolute atomic E-state index is 0.0459. The first-order valence-corrected chi connectivity index (χ1v) is 9.94. The van der Waals surface area contributed by atoms with Crippen molar-refractivity contribution in [1.29, 1.82) is 0 Å². The van der Waals surface area contributed by atoms with E-state index in [1.807, 2.05) is 24.3 Å². The van der Waals surface area contributed by atoms with Crippen LogP contribution in [0.15, 0.2) is 53.4 Å². The normalized spacial score (nSPS) is 11.5. The van der Waals surface area contributed by atoms with Crippen molar-refractivity contribution in [3.05, 3.63) is 64.1 Å². The highest BCUT2D eigenvalue weighted by Gasteiger charge is 2.10. The number of hydrogen-bond acceptors (Lipinski definition) is 3. The van der Waals surface area contributed by atoms with Gasteiger partial charge in [-0.1, -0.05) is 35.3 Å². The maximum Gasteiger partial charge on any atom is 0.215 e. The molecule has 2 aromatic rings. The van der Waals surface area contributed by atoms with Gasteiger partial charge in [0.1, 0.15) is 0 Å². The SMILES string of the molecule is O=S(=O)(Cc1ccc(Cl)cc1)NCCSc1ccc(Cl)cc1. The Labute approximate surface area is 145 Å². The molecule has 0 aliphatic carbocycles. The van der Waals surface area contributed by atoms with Gasteiger partial charge in [0.15, 0.2) is 0 Å². The summed E-state index contributed by atoms with van der Waals surface area (Å²) >= 11 is 13.2. The number of hydrogen-bond donors (Lipinski definition) is 1. The van der Waals surface area contributed by atoms with Gasteiger partial charge in [0.25, 0.3) is 0 Å². The molecule has 0 aromatic heterocycles. The molecule has 0 heterocycles. The van der Waals surface area contributed by atoms with E-state index >= 15 is 0 Å². The first-order chi connectivity index (χ1) is 10.4. The molecule has 0 bridgehead atoms. The fourth-order valence-electron chi connectivity index (χ4n) is 1.75. The molecule has 0 aliphatic rings. The van der Waals surface area contributed by atoms with Crippen LogP contribution in [-0.2, 0) is 15.8 Å². The van der Waals surface area contributed by atoms with Crippen molar-refractivity contribution in [2.24, 2.45) is 0 Å². The van der Waals surface area contributed by atoms with Crippen LogP contribution in [-0.4, -0.2) is 20.7 Å². The highest BCUT2D eigenvalue weighted by atomic mass is 35.5. The van der Waals surface area contributed by atoms with Gasteiger partial charge in [0, 0.05) is 27.2 Å². The molecule has 0 unspecified atom stereocenters. The van der Waals surface area contributed by atoms with Crippen LogP contribution in [0.2, 0.25) is 10.0 Å². The molecule has 3 nitrogen and oxygen atoms in total. The first-order valence-electron chi connectivity index (χ1n) is 6.55. The molecule has 0 radical (unpaired) electrons. The van der Waals surface area contributed by atoms with Crippen LogP contribution in [0.25, 0.3) is 0 Å². The summed E-state index contributed by atoms with van der Waals surface area (Å²) in [5.41, 5.74) is 0.710. The molecule has 7 heteroatoms. The molecule has 0 aliphatic heterocycles. The Hall–Kier alpha value is -0.720. The number of halogens is 2. The van der Waals surface area contributed by atoms with E-state index in [1.165, 1.54) is 0 Å². The van der Waals surface area contributed by atoms with Crippen LogP contribution < -0.4 is 4.72 Å². The fraction of sp³-hybridized carbons (Fsp3) is 0.200. The van der Waals surface area contributed by atoms with Crippen molar-refractivity contribution in [3.8, 4) is 0 Å². The molecule has 1 N–H and O–H groups in total. The Balaban J connectivity index is 1.77. The van der Waals surface area contributed by atoms with Gasteiger partial charge in [-0.15, -0.1) is 11.8 Å². The molecule has 2 aromatic carbocycles. The average Bonchev–Trinajstić information content (AvgIpc) is 2.48. The lowest BCUT2D eigenvalue weighted by Crippen LogP contribution is -2.27. The van der Waals surface area contributed by atoms with Crippen molar-refractivity contribution in [2.45, 2.75) is 10.6 Å². The number of rotatable bonds is 7. The van der Waals surface area contributed by atoms with E-state index in [1.54, 1.807) is 36.0 Å². The number of sulfonamides is 1. The standard InChI is InChI=1S/C15H15Cl2NO2S2/c16-13-3-1-12(2-4-13)11-22(19,20)18-9-10-21-15-7-5-14(17)6-8-15/h1-8,18H,9-11H2. The summed E-state index contributed by atoms with van der Waals surface area (Å²) in [6.45, 7) is 0.378. The van der Waals surface area contributed by atoms with E-state index in [2.05, 4.69) is 4.72 Å². The molecular weight excluding hydrogens is 361 g/mol. The minimum Gasteiger partial charge on any atom is -0.214 e. The predicted molar refractivity (Wildman–Crippen MR) is 94.3 cm³/mol. The van der Waals surface area contributed by atoms with Gasteiger partial charge in [0.2, 0.25) is 10.0 Å². The maximum absolute atomic E-state index is 12.0. The van der Waals surface area contributed by atoms with Gasteiger partial charge in [-0.3, -0.25) is 0 Å². The lowest BCUT2D eigenvalue weighted by Gasteiger charge is -2.07. The summed E-state index contributed by atoms with van der Waals surface area (Å²) in [6.07, 6.45) is 0. The summed E-state index contributed by atoms with van der Waals surface area (Å²) in [5.74, 6) is 0.608. The third-order valence-corrected chi connectivity index (χ3v) is 5.65. The third-order valence-electron chi connectivity index (χ3n) is 2.78. The van der Waals surface area contributed by atoms with Gasteiger partial charge in [-0.2, -0.15) is 0 Å². The molecule has 2 rings (SSSR count). The third kappa shape index (κ3) is 6.18. The highest BCUT2D eigenvalue weighted by molar-refractivity contribution is 7.99. The van der Waals surface area contributed by atoms with E-state index in [0.29, 0.717) is 27.9 Å². The molecule has 0 fully saturated rings. The van der Waals surface area contributed by atoms with Gasteiger partial charge in [-0.05, 0) is 42.0 Å². The largest absolute Gasteiger partial charge is 0.215 e. The fourth-order valence-corrected chi connectivity index (χ4v) is 4.04. The Morgan fingerprint density at radius 1 is 0.909 bits per heavy atom. The molecule has 22 heavy (non-hydrogen) atoms. The Morgan fingerprint density at radius 3 is 2.05 bits per heavy atom. The molecule has 0 atom stereocenters. The zero-order chi connectivity index (χ0) is 16.0.